The minimum atomic E-state index is -0.702. The Morgan fingerprint density at radius 2 is 1.42 bits per heavy atom. The number of benzene rings is 2. The number of hydrogen-bond donors (Lipinski definition) is 2. The van der Waals surface area contributed by atoms with Crippen molar-refractivity contribution in [2.24, 2.45) is 0 Å². The van der Waals surface area contributed by atoms with Crippen LogP contribution in [0, 0.1) is 0 Å². The Morgan fingerprint density at radius 3 is 1.89 bits per heavy atom. The quantitative estimate of drug-likeness (QED) is 0.881. The molecule has 0 spiro atoms. The van der Waals surface area contributed by atoms with E-state index in [4.69, 9.17) is 0 Å². The Morgan fingerprint density at radius 1 is 0.947 bits per heavy atom. The summed E-state index contributed by atoms with van der Waals surface area (Å²) in [4.78, 5) is 0. The molecule has 2 heteroatoms. The second kappa shape index (κ2) is 4.48. The third kappa shape index (κ3) is 2.29. The van der Waals surface area contributed by atoms with Crippen molar-refractivity contribution in [2.45, 2.75) is 25.5 Å². The van der Waals surface area contributed by atoms with Crippen LogP contribution >= 0.6 is 0 Å². The summed E-state index contributed by atoms with van der Waals surface area (Å²) < 4.78 is 0. The molecule has 2 aromatic rings. The first-order valence-electron chi connectivity index (χ1n) is 6.70. The second-order valence-electron chi connectivity index (χ2n) is 5.80. The van der Waals surface area contributed by atoms with E-state index >= 15 is 0 Å². The highest BCUT2D eigenvalue weighted by Gasteiger charge is 2.28. The standard InChI is InChI=1S/C17H19NO/c1-17(2,19)11-18-16-14-9-5-3-7-12(14)13-8-4-6-10-15(13)16/h3-10,16,18-19H,11H2,1-2H3. The molecule has 0 fully saturated rings. The Kier molecular flexibility index (Phi) is 2.92. The summed E-state index contributed by atoms with van der Waals surface area (Å²) in [5, 5.41) is 13.4. The van der Waals surface area contributed by atoms with E-state index in [1.54, 1.807) is 0 Å². The van der Waals surface area contributed by atoms with Gasteiger partial charge in [0.2, 0.25) is 0 Å². The first-order chi connectivity index (χ1) is 9.06. The summed E-state index contributed by atoms with van der Waals surface area (Å²) in [6, 6.07) is 17.1. The lowest BCUT2D eigenvalue weighted by Crippen LogP contribution is -2.36. The molecule has 98 valence electrons. The van der Waals surface area contributed by atoms with Crippen molar-refractivity contribution in [2.75, 3.05) is 6.54 Å². The van der Waals surface area contributed by atoms with Crippen molar-refractivity contribution in [3.8, 4) is 11.1 Å². The lowest BCUT2D eigenvalue weighted by Gasteiger charge is -2.22. The Labute approximate surface area is 114 Å². The van der Waals surface area contributed by atoms with Crippen LogP contribution < -0.4 is 5.32 Å². The van der Waals surface area contributed by atoms with Gasteiger partial charge in [0.25, 0.3) is 0 Å². The average molecular weight is 253 g/mol. The monoisotopic (exact) mass is 253 g/mol. The van der Waals surface area contributed by atoms with Crippen molar-refractivity contribution in [3.63, 3.8) is 0 Å². The molecule has 0 aliphatic heterocycles. The predicted octanol–water partition coefficient (Wildman–Crippen LogP) is 3.12. The maximum atomic E-state index is 9.91. The fourth-order valence-electron chi connectivity index (χ4n) is 2.73. The summed E-state index contributed by atoms with van der Waals surface area (Å²) in [5.41, 5.74) is 4.49. The Hall–Kier alpha value is -1.64. The molecule has 2 nitrogen and oxygen atoms in total. The van der Waals surface area contributed by atoms with E-state index < -0.39 is 5.60 Å². The minimum absolute atomic E-state index is 0.179. The van der Waals surface area contributed by atoms with Gasteiger partial charge in [-0.25, -0.2) is 0 Å². The van der Waals surface area contributed by atoms with Crippen LogP contribution in [0.5, 0.6) is 0 Å². The first-order valence-corrected chi connectivity index (χ1v) is 6.70. The average Bonchev–Trinajstić information content (AvgIpc) is 2.70. The van der Waals surface area contributed by atoms with Gasteiger partial charge in [0.1, 0.15) is 0 Å². The predicted molar refractivity (Wildman–Crippen MR) is 78.0 cm³/mol. The summed E-state index contributed by atoms with van der Waals surface area (Å²) in [6.07, 6.45) is 0. The largest absolute Gasteiger partial charge is 0.389 e. The minimum Gasteiger partial charge on any atom is -0.389 e. The molecule has 19 heavy (non-hydrogen) atoms. The van der Waals surface area contributed by atoms with E-state index in [0.717, 1.165) is 0 Å². The van der Waals surface area contributed by atoms with Crippen molar-refractivity contribution in [3.05, 3.63) is 59.7 Å². The SMILES string of the molecule is CC(C)(O)CNC1c2ccccc2-c2ccccc21. The molecule has 1 aliphatic carbocycles. The number of aliphatic hydroxyl groups is 1. The molecule has 3 rings (SSSR count). The molecular weight excluding hydrogens is 234 g/mol. The zero-order valence-corrected chi connectivity index (χ0v) is 11.4. The van der Waals surface area contributed by atoms with Gasteiger partial charge in [-0.2, -0.15) is 0 Å². The fourth-order valence-corrected chi connectivity index (χ4v) is 2.73. The highest BCUT2D eigenvalue weighted by molar-refractivity contribution is 5.78. The number of fused-ring (bicyclic) bond motifs is 3. The van der Waals surface area contributed by atoms with Gasteiger partial charge in [-0.15, -0.1) is 0 Å². The highest BCUT2D eigenvalue weighted by atomic mass is 16.3. The molecule has 0 unspecified atom stereocenters. The second-order valence-corrected chi connectivity index (χ2v) is 5.80. The van der Waals surface area contributed by atoms with Gasteiger partial charge < -0.3 is 10.4 Å². The number of hydrogen-bond acceptors (Lipinski definition) is 2. The van der Waals surface area contributed by atoms with Crippen LogP contribution in [0.4, 0.5) is 0 Å². The van der Waals surface area contributed by atoms with E-state index in [2.05, 4.69) is 53.8 Å². The summed E-state index contributed by atoms with van der Waals surface area (Å²) >= 11 is 0. The Balaban J connectivity index is 2.00. The topological polar surface area (TPSA) is 32.3 Å². The van der Waals surface area contributed by atoms with E-state index in [0.29, 0.717) is 6.54 Å². The zero-order valence-electron chi connectivity index (χ0n) is 11.4. The molecule has 0 amide bonds. The van der Waals surface area contributed by atoms with Gasteiger partial charge in [0.05, 0.1) is 11.6 Å². The molecule has 2 N–H and O–H groups in total. The summed E-state index contributed by atoms with van der Waals surface area (Å²) in [7, 11) is 0. The molecule has 1 aliphatic rings. The summed E-state index contributed by atoms with van der Waals surface area (Å²) in [6.45, 7) is 4.22. The van der Waals surface area contributed by atoms with Gasteiger partial charge in [0, 0.05) is 6.54 Å². The van der Waals surface area contributed by atoms with Crippen molar-refractivity contribution in [1.82, 2.24) is 5.32 Å². The van der Waals surface area contributed by atoms with Gasteiger partial charge in [-0.3, -0.25) is 0 Å². The van der Waals surface area contributed by atoms with Crippen LogP contribution in [0.1, 0.15) is 31.0 Å². The van der Waals surface area contributed by atoms with Crippen LogP contribution in [-0.4, -0.2) is 17.3 Å². The summed E-state index contributed by atoms with van der Waals surface area (Å²) in [5.74, 6) is 0. The molecule has 0 bridgehead atoms. The van der Waals surface area contributed by atoms with E-state index in [1.165, 1.54) is 22.3 Å². The maximum absolute atomic E-state index is 9.91. The van der Waals surface area contributed by atoms with E-state index in [9.17, 15) is 5.11 Å². The van der Waals surface area contributed by atoms with Crippen molar-refractivity contribution >= 4 is 0 Å². The van der Waals surface area contributed by atoms with Crippen molar-refractivity contribution < 1.29 is 5.11 Å². The molecule has 0 saturated carbocycles. The van der Waals surface area contributed by atoms with Gasteiger partial charge in [0.15, 0.2) is 0 Å². The molecule has 2 aromatic carbocycles. The molecule has 0 aromatic heterocycles. The van der Waals surface area contributed by atoms with Gasteiger partial charge >= 0.3 is 0 Å². The zero-order chi connectivity index (χ0) is 13.5. The first kappa shape index (κ1) is 12.4. The van der Waals surface area contributed by atoms with Crippen molar-refractivity contribution in [1.29, 1.82) is 0 Å². The van der Waals surface area contributed by atoms with Crippen LogP contribution in [0.25, 0.3) is 11.1 Å². The van der Waals surface area contributed by atoms with Crippen LogP contribution in [0.15, 0.2) is 48.5 Å². The van der Waals surface area contributed by atoms with Gasteiger partial charge in [-0.1, -0.05) is 48.5 Å². The van der Waals surface area contributed by atoms with Crippen LogP contribution in [0.2, 0.25) is 0 Å². The highest BCUT2D eigenvalue weighted by Crippen LogP contribution is 2.42. The number of rotatable bonds is 3. The van der Waals surface area contributed by atoms with Gasteiger partial charge in [-0.05, 0) is 36.1 Å². The lowest BCUT2D eigenvalue weighted by molar-refractivity contribution is 0.0779. The Bertz CT molecular complexity index is 553. The number of nitrogens with one attached hydrogen (secondary N) is 1. The molecular formula is C17H19NO. The fraction of sp³-hybridized carbons (Fsp3) is 0.294. The third-order valence-corrected chi connectivity index (χ3v) is 3.57. The van der Waals surface area contributed by atoms with E-state index in [-0.39, 0.29) is 6.04 Å². The lowest BCUT2D eigenvalue weighted by atomic mass is 10.0. The molecule has 0 atom stereocenters. The molecule has 0 saturated heterocycles. The normalized spacial score (nSPS) is 14.3. The third-order valence-electron chi connectivity index (χ3n) is 3.57. The molecule has 0 heterocycles. The smallest absolute Gasteiger partial charge is 0.0715 e. The molecule has 0 radical (unpaired) electrons. The van der Waals surface area contributed by atoms with E-state index in [1.807, 2.05) is 13.8 Å². The van der Waals surface area contributed by atoms with Crippen LogP contribution in [0.3, 0.4) is 0 Å². The van der Waals surface area contributed by atoms with Crippen LogP contribution in [-0.2, 0) is 0 Å². The maximum Gasteiger partial charge on any atom is 0.0715 e.